The van der Waals surface area contributed by atoms with Crippen molar-refractivity contribution in [3.63, 3.8) is 0 Å². The van der Waals surface area contributed by atoms with E-state index in [9.17, 15) is 24.2 Å². The molecule has 32 heavy (non-hydrogen) atoms. The molecule has 9 heteroatoms. The number of carbonyl (C=O) groups is 1. The Morgan fingerprint density at radius 3 is 2.56 bits per heavy atom. The molecule has 0 spiro atoms. The fourth-order valence-corrected chi connectivity index (χ4v) is 3.85. The van der Waals surface area contributed by atoms with E-state index in [1.807, 2.05) is 20.8 Å². The molecule has 0 radical (unpaired) electrons. The first-order valence-corrected chi connectivity index (χ1v) is 10.3. The molecule has 1 unspecified atom stereocenters. The first-order chi connectivity index (χ1) is 15.0. The van der Waals surface area contributed by atoms with E-state index in [0.29, 0.717) is 5.56 Å². The van der Waals surface area contributed by atoms with Gasteiger partial charge in [0.1, 0.15) is 17.0 Å². The van der Waals surface area contributed by atoms with Crippen LogP contribution in [0.5, 0.6) is 5.88 Å². The lowest BCUT2D eigenvalue weighted by molar-refractivity contribution is 0.0692. The summed E-state index contributed by atoms with van der Waals surface area (Å²) in [5.74, 6) is -1.84. The first-order valence-electron chi connectivity index (χ1n) is 9.89. The molecule has 2 aromatic heterocycles. The minimum atomic E-state index is -1.39. The quantitative estimate of drug-likeness (QED) is 0.572. The second-order valence-electron chi connectivity index (χ2n) is 8.57. The van der Waals surface area contributed by atoms with Gasteiger partial charge in [0.25, 0.3) is 0 Å². The maximum atomic E-state index is 14.5. The lowest BCUT2D eigenvalue weighted by Crippen LogP contribution is -2.31. The highest BCUT2D eigenvalue weighted by Gasteiger charge is 2.29. The number of carboxylic acids is 1. The van der Waals surface area contributed by atoms with E-state index >= 15 is 0 Å². The van der Waals surface area contributed by atoms with Gasteiger partial charge in [0.05, 0.1) is 30.2 Å². The highest BCUT2D eigenvalue weighted by molar-refractivity contribution is 6.30. The second kappa shape index (κ2) is 8.88. The Bertz CT molecular complexity index is 1250. The summed E-state index contributed by atoms with van der Waals surface area (Å²) in [6, 6.07) is 5.47. The number of pyridine rings is 2. The number of nitrogens with zero attached hydrogens (tertiary/aromatic N) is 2. The molecule has 2 N–H and O–H groups in total. The number of benzene rings is 1. The Balaban J connectivity index is 2.34. The van der Waals surface area contributed by atoms with Gasteiger partial charge in [-0.15, -0.1) is 0 Å². The van der Waals surface area contributed by atoms with Gasteiger partial charge >= 0.3 is 5.97 Å². The first kappa shape index (κ1) is 23.7. The number of rotatable bonds is 6. The largest absolute Gasteiger partial charge is 0.481 e. The van der Waals surface area contributed by atoms with Crippen molar-refractivity contribution >= 4 is 28.6 Å². The van der Waals surface area contributed by atoms with Gasteiger partial charge < -0.3 is 19.5 Å². The number of aromatic carboxylic acids is 1. The van der Waals surface area contributed by atoms with Gasteiger partial charge in [-0.1, -0.05) is 44.5 Å². The molecule has 3 aromatic rings. The van der Waals surface area contributed by atoms with E-state index < -0.39 is 34.2 Å². The zero-order valence-corrected chi connectivity index (χ0v) is 18.9. The van der Waals surface area contributed by atoms with Crippen molar-refractivity contribution in [2.75, 3.05) is 13.7 Å². The van der Waals surface area contributed by atoms with Gasteiger partial charge in [-0.25, -0.2) is 9.18 Å². The van der Waals surface area contributed by atoms with Crippen LogP contribution < -0.4 is 10.2 Å². The summed E-state index contributed by atoms with van der Waals surface area (Å²) in [5, 5.41) is 19.6. The number of ether oxygens (including phenoxy) is 1. The average Bonchev–Trinajstić information content (AvgIpc) is 2.72. The number of hydrogen-bond donors (Lipinski definition) is 2. The molecule has 0 aliphatic heterocycles. The highest BCUT2D eigenvalue weighted by Crippen LogP contribution is 2.33. The van der Waals surface area contributed by atoms with Crippen molar-refractivity contribution in [1.29, 1.82) is 0 Å². The lowest BCUT2D eigenvalue weighted by atomic mass is 9.86. The fourth-order valence-electron chi connectivity index (χ4n) is 3.66. The number of aliphatic hydroxyl groups excluding tert-OH is 1. The van der Waals surface area contributed by atoms with Crippen LogP contribution in [0.3, 0.4) is 0 Å². The number of aliphatic hydroxyl groups is 1. The normalized spacial score (nSPS) is 12.7. The van der Waals surface area contributed by atoms with Crippen LogP contribution >= 0.6 is 11.6 Å². The molecule has 3 rings (SSSR count). The summed E-state index contributed by atoms with van der Waals surface area (Å²) in [7, 11) is 1.40. The number of fused-ring (bicyclic) bond motifs is 1. The summed E-state index contributed by atoms with van der Waals surface area (Å²) in [4.78, 5) is 29.2. The topological polar surface area (TPSA) is 102 Å². The van der Waals surface area contributed by atoms with Crippen LogP contribution in [-0.2, 0) is 6.42 Å². The monoisotopic (exact) mass is 462 g/mol. The molecule has 7 nitrogen and oxygen atoms in total. The van der Waals surface area contributed by atoms with Gasteiger partial charge in [0, 0.05) is 18.2 Å². The smallest absolute Gasteiger partial charge is 0.341 e. The fraction of sp³-hybridized carbons (Fsp3) is 0.348. The minimum absolute atomic E-state index is 0.0257. The number of aromatic nitrogens is 2. The third-order valence-electron chi connectivity index (χ3n) is 5.39. The Morgan fingerprint density at radius 1 is 1.31 bits per heavy atom. The Kier molecular flexibility index (Phi) is 6.57. The van der Waals surface area contributed by atoms with E-state index in [1.54, 1.807) is 12.1 Å². The minimum Gasteiger partial charge on any atom is -0.481 e. The van der Waals surface area contributed by atoms with Crippen LogP contribution in [0.15, 0.2) is 35.3 Å². The van der Waals surface area contributed by atoms with Crippen LogP contribution in [-0.4, -0.2) is 39.5 Å². The Hall–Kier alpha value is -2.97. The molecule has 0 fully saturated rings. The third-order valence-corrected chi connectivity index (χ3v) is 5.68. The zero-order chi connectivity index (χ0) is 23.8. The number of methoxy groups -OCH3 is 1. The van der Waals surface area contributed by atoms with E-state index in [-0.39, 0.29) is 40.5 Å². The van der Waals surface area contributed by atoms with Crippen LogP contribution in [0.4, 0.5) is 4.39 Å². The summed E-state index contributed by atoms with van der Waals surface area (Å²) >= 11 is 5.88. The van der Waals surface area contributed by atoms with Gasteiger partial charge in [-0.2, -0.15) is 4.98 Å². The maximum Gasteiger partial charge on any atom is 0.341 e. The number of carboxylic acid groups (broad SMARTS) is 1. The van der Waals surface area contributed by atoms with Crippen LogP contribution in [0.2, 0.25) is 5.02 Å². The molecule has 0 aliphatic rings. The molecule has 170 valence electrons. The molecule has 0 saturated heterocycles. The van der Waals surface area contributed by atoms with Crippen molar-refractivity contribution in [2.24, 2.45) is 5.41 Å². The van der Waals surface area contributed by atoms with Gasteiger partial charge in [0.15, 0.2) is 0 Å². The number of hydrogen-bond acceptors (Lipinski definition) is 5. The second-order valence-corrected chi connectivity index (χ2v) is 8.97. The van der Waals surface area contributed by atoms with Gasteiger partial charge in [-0.05, 0) is 23.1 Å². The molecule has 0 amide bonds. The highest BCUT2D eigenvalue weighted by atomic mass is 35.5. The molecular weight excluding hydrogens is 439 g/mol. The summed E-state index contributed by atoms with van der Waals surface area (Å²) < 4.78 is 21.4. The standard InChI is InChI=1S/C23H24ClFN2O5/c1-23(2,3)17(11-28)27-10-15(22(30)31)19(29)14-9-13(21(32-4)26-20(14)27)8-12-6-5-7-16(24)18(12)25/h5-7,9-10,17,28H,8,11H2,1-4H3,(H,30,31). The van der Waals surface area contributed by atoms with Crippen LogP contribution in [0.25, 0.3) is 11.0 Å². The van der Waals surface area contributed by atoms with Crippen molar-refractivity contribution in [3.05, 3.63) is 68.2 Å². The Morgan fingerprint density at radius 2 is 2.00 bits per heavy atom. The molecule has 0 bridgehead atoms. The summed E-state index contributed by atoms with van der Waals surface area (Å²) in [5.41, 5.74) is -0.826. The van der Waals surface area contributed by atoms with E-state index in [1.165, 1.54) is 30.0 Å². The van der Waals surface area contributed by atoms with Gasteiger partial charge in [-0.3, -0.25) is 4.79 Å². The molecule has 1 atom stereocenters. The maximum absolute atomic E-state index is 14.5. The number of halogens is 2. The van der Waals surface area contributed by atoms with Gasteiger partial charge in [0.2, 0.25) is 11.3 Å². The molecular formula is C23H24ClFN2O5. The predicted octanol–water partition coefficient (Wildman–Crippen LogP) is 4.07. The lowest BCUT2D eigenvalue weighted by Gasteiger charge is -2.32. The molecule has 0 aliphatic carbocycles. The van der Waals surface area contributed by atoms with Crippen molar-refractivity contribution in [3.8, 4) is 5.88 Å². The third kappa shape index (κ3) is 4.33. The van der Waals surface area contributed by atoms with Crippen molar-refractivity contribution in [2.45, 2.75) is 33.2 Å². The van der Waals surface area contributed by atoms with Crippen LogP contribution in [0, 0.1) is 11.2 Å². The van der Waals surface area contributed by atoms with Crippen molar-refractivity contribution < 1.29 is 24.1 Å². The summed E-state index contributed by atoms with van der Waals surface area (Å²) in [6.45, 7) is 5.34. The van der Waals surface area contributed by atoms with Crippen molar-refractivity contribution in [1.82, 2.24) is 9.55 Å². The zero-order valence-electron chi connectivity index (χ0n) is 18.1. The predicted molar refractivity (Wildman–Crippen MR) is 119 cm³/mol. The molecule has 1 aromatic carbocycles. The molecule has 0 saturated carbocycles. The van der Waals surface area contributed by atoms with E-state index in [0.717, 1.165) is 0 Å². The SMILES string of the molecule is COc1nc2c(cc1Cc1cccc(Cl)c1F)c(=O)c(C(=O)O)cn2C(CO)C(C)(C)C. The molecule has 2 heterocycles. The Labute approximate surface area is 189 Å². The van der Waals surface area contributed by atoms with E-state index in [4.69, 9.17) is 16.3 Å². The summed E-state index contributed by atoms with van der Waals surface area (Å²) in [6.07, 6.45) is 1.22. The average molecular weight is 463 g/mol. The van der Waals surface area contributed by atoms with Crippen LogP contribution in [0.1, 0.15) is 48.3 Å². The van der Waals surface area contributed by atoms with E-state index in [2.05, 4.69) is 4.98 Å².